The molecule has 3 rings (SSSR count). The van der Waals surface area contributed by atoms with E-state index in [-0.39, 0.29) is 17.0 Å². The van der Waals surface area contributed by atoms with Crippen LogP contribution in [0.1, 0.15) is 36.6 Å². The third kappa shape index (κ3) is 4.50. The molecule has 0 radical (unpaired) electrons. The van der Waals surface area contributed by atoms with Crippen LogP contribution in [0.3, 0.4) is 0 Å². The minimum absolute atomic E-state index is 0.0574. The van der Waals surface area contributed by atoms with Gasteiger partial charge in [0.1, 0.15) is 0 Å². The van der Waals surface area contributed by atoms with Crippen LogP contribution in [0.4, 0.5) is 5.69 Å². The van der Waals surface area contributed by atoms with Gasteiger partial charge < -0.3 is 15.3 Å². The number of para-hydroxylation sites is 1. The van der Waals surface area contributed by atoms with Crippen LogP contribution in [-0.2, 0) is 6.54 Å². The van der Waals surface area contributed by atoms with E-state index < -0.39 is 11.9 Å². The van der Waals surface area contributed by atoms with Crippen molar-refractivity contribution in [2.45, 2.75) is 6.54 Å². The van der Waals surface area contributed by atoms with Gasteiger partial charge in [-0.15, -0.1) is 0 Å². The highest BCUT2D eigenvalue weighted by Gasteiger charge is 2.23. The number of nitrogens with one attached hydrogen (secondary N) is 1. The highest BCUT2D eigenvalue weighted by atomic mass is 16.4. The van der Waals surface area contributed by atoms with Gasteiger partial charge >= 0.3 is 5.97 Å². The van der Waals surface area contributed by atoms with Gasteiger partial charge in [-0.1, -0.05) is 54.6 Å². The molecule has 146 valence electrons. The zero-order chi connectivity index (χ0) is 20.8. The highest BCUT2D eigenvalue weighted by molar-refractivity contribution is 6.14. The molecule has 2 amide bonds. The predicted octanol–water partition coefficient (Wildman–Crippen LogP) is 3.59. The summed E-state index contributed by atoms with van der Waals surface area (Å²) in [4.78, 5) is 38.4. The van der Waals surface area contributed by atoms with Crippen LogP contribution in [0.15, 0.2) is 78.9 Å². The minimum atomic E-state index is -1.18. The lowest BCUT2D eigenvalue weighted by Crippen LogP contribution is -2.31. The minimum Gasteiger partial charge on any atom is -0.478 e. The molecular weight excluding hydrogens is 368 g/mol. The van der Waals surface area contributed by atoms with Gasteiger partial charge in [0.15, 0.2) is 0 Å². The molecule has 0 fully saturated rings. The molecule has 0 aliphatic heterocycles. The second-order valence-corrected chi connectivity index (χ2v) is 6.40. The number of carbonyl (C=O) groups is 3. The first-order valence-electron chi connectivity index (χ1n) is 9.00. The van der Waals surface area contributed by atoms with Gasteiger partial charge in [0.05, 0.1) is 22.4 Å². The van der Waals surface area contributed by atoms with Crippen LogP contribution in [-0.4, -0.2) is 29.9 Å². The lowest BCUT2D eigenvalue weighted by molar-refractivity contribution is 0.0691. The topological polar surface area (TPSA) is 86.7 Å². The Balaban J connectivity index is 1.85. The van der Waals surface area contributed by atoms with E-state index in [1.165, 1.54) is 24.1 Å². The predicted molar refractivity (Wildman–Crippen MR) is 110 cm³/mol. The Morgan fingerprint density at radius 1 is 0.793 bits per heavy atom. The van der Waals surface area contributed by atoms with Crippen molar-refractivity contribution in [1.82, 2.24) is 5.32 Å². The van der Waals surface area contributed by atoms with Crippen LogP contribution in [0.5, 0.6) is 0 Å². The van der Waals surface area contributed by atoms with E-state index in [0.717, 1.165) is 5.56 Å². The molecule has 0 saturated carbocycles. The lowest BCUT2D eigenvalue weighted by atomic mass is 10.1. The lowest BCUT2D eigenvalue weighted by Gasteiger charge is -2.21. The largest absolute Gasteiger partial charge is 0.478 e. The van der Waals surface area contributed by atoms with E-state index in [1.807, 2.05) is 30.3 Å². The van der Waals surface area contributed by atoms with Crippen molar-refractivity contribution in [2.24, 2.45) is 0 Å². The summed E-state index contributed by atoms with van der Waals surface area (Å²) in [7, 11) is 1.52. The zero-order valence-corrected chi connectivity index (χ0v) is 15.8. The SMILES string of the molecule is CN(C(=O)c1ccccc1C(=O)O)c1ccccc1C(=O)NCc1ccccc1. The molecule has 0 bridgehead atoms. The molecule has 2 N–H and O–H groups in total. The fourth-order valence-corrected chi connectivity index (χ4v) is 2.98. The number of rotatable bonds is 6. The van der Waals surface area contributed by atoms with E-state index in [1.54, 1.807) is 36.4 Å². The summed E-state index contributed by atoms with van der Waals surface area (Å²) in [6.45, 7) is 0.355. The number of amides is 2. The van der Waals surface area contributed by atoms with Crippen molar-refractivity contribution in [3.63, 3.8) is 0 Å². The average molecular weight is 388 g/mol. The number of benzene rings is 3. The summed E-state index contributed by atoms with van der Waals surface area (Å²) in [5.74, 6) is -2.02. The number of anilines is 1. The van der Waals surface area contributed by atoms with Gasteiger partial charge in [-0.05, 0) is 29.8 Å². The fraction of sp³-hybridized carbons (Fsp3) is 0.0870. The summed E-state index contributed by atoms with van der Waals surface area (Å²) >= 11 is 0. The number of carboxylic acid groups (broad SMARTS) is 1. The molecule has 0 aliphatic rings. The van der Waals surface area contributed by atoms with E-state index in [0.29, 0.717) is 17.8 Å². The molecule has 0 unspecified atom stereocenters. The highest BCUT2D eigenvalue weighted by Crippen LogP contribution is 2.22. The monoisotopic (exact) mass is 388 g/mol. The summed E-state index contributed by atoms with van der Waals surface area (Å²) < 4.78 is 0. The van der Waals surface area contributed by atoms with Gasteiger partial charge in [-0.3, -0.25) is 9.59 Å². The molecular formula is C23H20N2O4. The Bertz CT molecular complexity index is 1050. The van der Waals surface area contributed by atoms with E-state index >= 15 is 0 Å². The van der Waals surface area contributed by atoms with E-state index in [9.17, 15) is 19.5 Å². The first-order valence-corrected chi connectivity index (χ1v) is 9.00. The van der Waals surface area contributed by atoms with Crippen LogP contribution in [0.25, 0.3) is 0 Å². The average Bonchev–Trinajstić information content (AvgIpc) is 2.77. The Morgan fingerprint density at radius 2 is 1.34 bits per heavy atom. The number of carboxylic acids is 1. The third-order valence-electron chi connectivity index (χ3n) is 4.50. The molecule has 3 aromatic rings. The maximum atomic E-state index is 13.0. The van der Waals surface area contributed by atoms with E-state index in [4.69, 9.17) is 0 Å². The summed E-state index contributed by atoms with van der Waals surface area (Å²) in [6, 6.07) is 22.2. The number of hydrogen-bond donors (Lipinski definition) is 2. The van der Waals surface area contributed by atoms with Crippen molar-refractivity contribution < 1.29 is 19.5 Å². The maximum absolute atomic E-state index is 13.0. The smallest absolute Gasteiger partial charge is 0.336 e. The number of nitrogens with zero attached hydrogens (tertiary/aromatic N) is 1. The summed E-state index contributed by atoms with van der Waals surface area (Å²) in [5, 5.41) is 12.2. The Kier molecular flexibility index (Phi) is 6.04. The molecule has 0 saturated heterocycles. The fourth-order valence-electron chi connectivity index (χ4n) is 2.98. The van der Waals surface area contributed by atoms with Crippen molar-refractivity contribution in [3.8, 4) is 0 Å². The Hall–Kier alpha value is -3.93. The first kappa shape index (κ1) is 19.8. The maximum Gasteiger partial charge on any atom is 0.336 e. The van der Waals surface area contributed by atoms with Gasteiger partial charge in [0.25, 0.3) is 11.8 Å². The van der Waals surface area contributed by atoms with Gasteiger partial charge in [-0.2, -0.15) is 0 Å². The second kappa shape index (κ2) is 8.84. The molecule has 0 atom stereocenters. The first-order chi connectivity index (χ1) is 14.0. The Labute approximate surface area is 168 Å². The van der Waals surface area contributed by atoms with Gasteiger partial charge in [0.2, 0.25) is 0 Å². The van der Waals surface area contributed by atoms with Crippen molar-refractivity contribution in [3.05, 3.63) is 101 Å². The number of hydrogen-bond acceptors (Lipinski definition) is 3. The summed E-state index contributed by atoms with van der Waals surface area (Å²) in [5.41, 5.74) is 1.64. The van der Waals surface area contributed by atoms with E-state index in [2.05, 4.69) is 5.32 Å². The molecule has 6 heteroatoms. The summed E-state index contributed by atoms with van der Waals surface area (Å²) in [6.07, 6.45) is 0. The molecule has 0 aliphatic carbocycles. The Morgan fingerprint density at radius 3 is 2.00 bits per heavy atom. The molecule has 3 aromatic carbocycles. The molecule has 0 aromatic heterocycles. The normalized spacial score (nSPS) is 10.2. The van der Waals surface area contributed by atoms with Crippen LogP contribution in [0.2, 0.25) is 0 Å². The zero-order valence-electron chi connectivity index (χ0n) is 15.8. The van der Waals surface area contributed by atoms with Crippen LogP contribution < -0.4 is 10.2 Å². The molecule has 29 heavy (non-hydrogen) atoms. The van der Waals surface area contributed by atoms with Crippen molar-refractivity contribution in [1.29, 1.82) is 0 Å². The second-order valence-electron chi connectivity index (χ2n) is 6.40. The van der Waals surface area contributed by atoms with Crippen molar-refractivity contribution in [2.75, 3.05) is 11.9 Å². The quantitative estimate of drug-likeness (QED) is 0.676. The third-order valence-corrected chi connectivity index (χ3v) is 4.50. The van der Waals surface area contributed by atoms with Gasteiger partial charge in [-0.25, -0.2) is 4.79 Å². The molecule has 0 spiro atoms. The number of aromatic carboxylic acids is 1. The number of carbonyl (C=O) groups excluding carboxylic acids is 2. The molecule has 0 heterocycles. The van der Waals surface area contributed by atoms with Crippen LogP contribution >= 0.6 is 0 Å². The standard InChI is InChI=1S/C23H20N2O4/c1-25(22(27)17-11-5-6-12-18(17)23(28)29)20-14-8-7-13-19(20)21(26)24-15-16-9-3-2-4-10-16/h2-14H,15H2,1H3,(H,24,26)(H,28,29). The molecule has 6 nitrogen and oxygen atoms in total. The van der Waals surface area contributed by atoms with Crippen molar-refractivity contribution >= 4 is 23.5 Å². The van der Waals surface area contributed by atoms with Crippen LogP contribution in [0, 0.1) is 0 Å². The van der Waals surface area contributed by atoms with Gasteiger partial charge in [0, 0.05) is 13.6 Å².